The van der Waals surface area contributed by atoms with Crippen LogP contribution in [-0.4, -0.2) is 27.8 Å². The van der Waals surface area contributed by atoms with E-state index in [2.05, 4.69) is 10.4 Å². The van der Waals surface area contributed by atoms with Crippen LogP contribution in [-0.2, 0) is 9.53 Å². The lowest BCUT2D eigenvalue weighted by molar-refractivity contribution is -0.123. The third-order valence-corrected chi connectivity index (χ3v) is 4.05. The molecule has 1 N–H and O–H groups in total. The summed E-state index contributed by atoms with van der Waals surface area (Å²) in [5.74, 6) is -0.433. The van der Waals surface area contributed by atoms with Crippen molar-refractivity contribution >= 4 is 40.6 Å². The van der Waals surface area contributed by atoms with Crippen molar-refractivity contribution < 1.29 is 14.3 Å². The van der Waals surface area contributed by atoms with Gasteiger partial charge in [0.25, 0.3) is 5.91 Å². The Morgan fingerprint density at radius 1 is 1.32 bits per heavy atom. The molecule has 1 atom stereocenters. The number of hydrogen-bond donors (Lipinski definition) is 1. The first-order valence-electron chi connectivity index (χ1n) is 6.69. The Morgan fingerprint density at radius 3 is 2.64 bits per heavy atom. The maximum Gasteiger partial charge on any atom is 0.349 e. The van der Waals surface area contributed by atoms with Crippen LogP contribution in [0.15, 0.2) is 24.4 Å². The normalized spacial score (nSPS) is 12.2. The summed E-state index contributed by atoms with van der Waals surface area (Å²) in [5.41, 5.74) is 0. The van der Waals surface area contributed by atoms with E-state index in [1.54, 1.807) is 29.1 Å². The van der Waals surface area contributed by atoms with Gasteiger partial charge in [-0.3, -0.25) is 4.79 Å². The molecule has 2 rings (SSSR count). The molecule has 118 valence electrons. The van der Waals surface area contributed by atoms with Crippen LogP contribution in [0.5, 0.6) is 0 Å². The van der Waals surface area contributed by atoms with E-state index < -0.39 is 18.0 Å². The van der Waals surface area contributed by atoms with Gasteiger partial charge in [0, 0.05) is 12.1 Å². The predicted octanol–water partition coefficient (Wildman–Crippen LogP) is 3.36. The molecule has 2 heterocycles. The highest BCUT2D eigenvalue weighted by Gasteiger charge is 2.21. The van der Waals surface area contributed by atoms with E-state index in [0.29, 0.717) is 15.0 Å². The average Bonchev–Trinajstić information content (AvgIpc) is 3.07. The first kappa shape index (κ1) is 16.5. The Labute approximate surface area is 137 Å². The number of ether oxygens (including phenoxy) is 1. The van der Waals surface area contributed by atoms with Gasteiger partial charge in [0.2, 0.25) is 0 Å². The van der Waals surface area contributed by atoms with E-state index in [-0.39, 0.29) is 6.04 Å². The van der Waals surface area contributed by atoms with Gasteiger partial charge in [0.15, 0.2) is 6.10 Å². The highest BCUT2D eigenvalue weighted by Crippen LogP contribution is 2.22. The maximum absolute atomic E-state index is 12.1. The fraction of sp³-hybridized carbons (Fsp3) is 0.357. The largest absolute Gasteiger partial charge is 0.448 e. The first-order chi connectivity index (χ1) is 10.4. The van der Waals surface area contributed by atoms with E-state index in [0.717, 1.165) is 11.3 Å². The molecule has 0 aliphatic heterocycles. The number of nitrogens with one attached hydrogen (secondary N) is 1. The number of rotatable bonds is 5. The Balaban J connectivity index is 1.97. The third kappa shape index (κ3) is 3.86. The minimum Gasteiger partial charge on any atom is -0.448 e. The molecule has 1 amide bonds. The molecule has 0 bridgehead atoms. The van der Waals surface area contributed by atoms with Crippen LogP contribution in [0.4, 0.5) is 5.82 Å². The molecule has 0 aromatic carbocycles. The van der Waals surface area contributed by atoms with Crippen molar-refractivity contribution in [3.8, 4) is 0 Å². The van der Waals surface area contributed by atoms with Crippen molar-refractivity contribution in [2.24, 2.45) is 0 Å². The lowest BCUT2D eigenvalue weighted by Crippen LogP contribution is -2.30. The SMILES string of the molecule is CC(C)n1nccc1NC(=O)[C@@H](C)OC(=O)c1ccc(Cl)s1. The second kappa shape index (κ2) is 6.93. The highest BCUT2D eigenvalue weighted by atomic mass is 35.5. The molecule has 0 unspecified atom stereocenters. The standard InChI is InChI=1S/C14H16ClN3O3S/c1-8(2)18-12(6-7-16-18)17-13(19)9(3)21-14(20)10-4-5-11(15)22-10/h4-9H,1-3H3,(H,17,19)/t9-/m1/s1. The van der Waals surface area contributed by atoms with E-state index in [1.165, 1.54) is 6.92 Å². The van der Waals surface area contributed by atoms with Gasteiger partial charge >= 0.3 is 5.97 Å². The van der Waals surface area contributed by atoms with Crippen LogP contribution in [0.25, 0.3) is 0 Å². The van der Waals surface area contributed by atoms with Gasteiger partial charge < -0.3 is 10.1 Å². The predicted molar refractivity (Wildman–Crippen MR) is 85.4 cm³/mol. The number of anilines is 1. The second-order valence-corrected chi connectivity index (χ2v) is 6.61. The van der Waals surface area contributed by atoms with Crippen molar-refractivity contribution in [3.63, 3.8) is 0 Å². The Morgan fingerprint density at radius 2 is 2.05 bits per heavy atom. The zero-order valence-electron chi connectivity index (χ0n) is 12.4. The number of aromatic nitrogens is 2. The molecule has 2 aromatic heterocycles. The maximum atomic E-state index is 12.1. The molecule has 8 heteroatoms. The van der Waals surface area contributed by atoms with Crippen LogP contribution in [0.1, 0.15) is 36.5 Å². The Hall–Kier alpha value is -1.86. The fourth-order valence-electron chi connectivity index (χ4n) is 1.75. The van der Waals surface area contributed by atoms with Gasteiger partial charge in [-0.05, 0) is 32.9 Å². The molecule has 2 aromatic rings. The van der Waals surface area contributed by atoms with Crippen LogP contribution in [0, 0.1) is 0 Å². The third-order valence-electron chi connectivity index (χ3n) is 2.84. The average molecular weight is 342 g/mol. The van der Waals surface area contributed by atoms with Gasteiger partial charge in [-0.1, -0.05) is 11.6 Å². The lowest BCUT2D eigenvalue weighted by atomic mass is 10.3. The number of amides is 1. The van der Waals surface area contributed by atoms with Gasteiger partial charge in [-0.2, -0.15) is 5.10 Å². The first-order valence-corrected chi connectivity index (χ1v) is 7.88. The van der Waals surface area contributed by atoms with E-state index in [4.69, 9.17) is 16.3 Å². The quantitative estimate of drug-likeness (QED) is 0.846. The molecule has 0 aliphatic carbocycles. The molecule has 6 nitrogen and oxygen atoms in total. The second-order valence-electron chi connectivity index (χ2n) is 4.90. The number of esters is 1. The molecule has 0 fully saturated rings. The minimum atomic E-state index is -0.927. The summed E-state index contributed by atoms with van der Waals surface area (Å²) in [6, 6.07) is 4.96. The van der Waals surface area contributed by atoms with Crippen molar-refractivity contribution in [1.82, 2.24) is 9.78 Å². The van der Waals surface area contributed by atoms with Crippen molar-refractivity contribution in [1.29, 1.82) is 0 Å². The lowest BCUT2D eigenvalue weighted by Gasteiger charge is -2.15. The molecular weight excluding hydrogens is 326 g/mol. The summed E-state index contributed by atoms with van der Waals surface area (Å²) >= 11 is 6.87. The smallest absolute Gasteiger partial charge is 0.349 e. The van der Waals surface area contributed by atoms with Gasteiger partial charge in [-0.15, -0.1) is 11.3 Å². The van der Waals surface area contributed by atoms with Gasteiger partial charge in [0.05, 0.1) is 10.5 Å². The van der Waals surface area contributed by atoms with Crippen LogP contribution < -0.4 is 5.32 Å². The molecule has 0 spiro atoms. The number of halogens is 1. The molecule has 0 aliphatic rings. The highest BCUT2D eigenvalue weighted by molar-refractivity contribution is 7.17. The fourth-order valence-corrected chi connectivity index (χ4v) is 2.67. The Kier molecular flexibility index (Phi) is 5.20. The molecule has 0 radical (unpaired) electrons. The Bertz CT molecular complexity index is 680. The summed E-state index contributed by atoms with van der Waals surface area (Å²) in [4.78, 5) is 24.3. The molecule has 0 saturated carbocycles. The number of hydrogen-bond acceptors (Lipinski definition) is 5. The van der Waals surface area contributed by atoms with Crippen LogP contribution >= 0.6 is 22.9 Å². The zero-order chi connectivity index (χ0) is 16.3. The van der Waals surface area contributed by atoms with Gasteiger partial charge in [-0.25, -0.2) is 9.48 Å². The van der Waals surface area contributed by atoms with Gasteiger partial charge in [0.1, 0.15) is 10.7 Å². The van der Waals surface area contributed by atoms with Crippen molar-refractivity contribution in [3.05, 3.63) is 33.6 Å². The molecular formula is C14H16ClN3O3S. The monoisotopic (exact) mass is 341 g/mol. The molecule has 0 saturated heterocycles. The van der Waals surface area contributed by atoms with Crippen LogP contribution in [0.3, 0.4) is 0 Å². The number of thiophene rings is 1. The topological polar surface area (TPSA) is 73.2 Å². The number of carbonyl (C=O) groups is 2. The van der Waals surface area contributed by atoms with E-state index >= 15 is 0 Å². The molecule has 22 heavy (non-hydrogen) atoms. The zero-order valence-corrected chi connectivity index (χ0v) is 13.9. The summed E-state index contributed by atoms with van der Waals surface area (Å²) in [7, 11) is 0. The van der Waals surface area contributed by atoms with E-state index in [9.17, 15) is 9.59 Å². The summed E-state index contributed by atoms with van der Waals surface area (Å²) in [5, 5.41) is 6.82. The van der Waals surface area contributed by atoms with E-state index in [1.807, 2.05) is 13.8 Å². The van der Waals surface area contributed by atoms with Crippen molar-refractivity contribution in [2.75, 3.05) is 5.32 Å². The van der Waals surface area contributed by atoms with Crippen LogP contribution in [0.2, 0.25) is 4.34 Å². The van der Waals surface area contributed by atoms with Crippen molar-refractivity contribution in [2.45, 2.75) is 32.9 Å². The summed E-state index contributed by atoms with van der Waals surface area (Å²) < 4.78 is 7.29. The minimum absolute atomic E-state index is 0.108. The summed E-state index contributed by atoms with van der Waals surface area (Å²) in [6.07, 6.45) is 0.670. The number of carbonyl (C=O) groups excluding carboxylic acids is 2. The summed E-state index contributed by atoms with van der Waals surface area (Å²) in [6.45, 7) is 5.41. The number of nitrogens with zero attached hydrogens (tertiary/aromatic N) is 2.